The summed E-state index contributed by atoms with van der Waals surface area (Å²) >= 11 is 0. The second kappa shape index (κ2) is 8.06. The van der Waals surface area contributed by atoms with E-state index >= 15 is 0 Å². The van der Waals surface area contributed by atoms with Crippen molar-refractivity contribution in [3.8, 4) is 0 Å². The highest BCUT2D eigenvalue weighted by molar-refractivity contribution is 5.78. The van der Waals surface area contributed by atoms with Gasteiger partial charge in [0.1, 0.15) is 5.82 Å². The van der Waals surface area contributed by atoms with Crippen LogP contribution in [0.25, 0.3) is 0 Å². The van der Waals surface area contributed by atoms with Crippen molar-refractivity contribution in [2.45, 2.75) is 33.4 Å². The Morgan fingerprint density at radius 3 is 2.25 bits per heavy atom. The van der Waals surface area contributed by atoms with Gasteiger partial charge in [-0.1, -0.05) is 63.2 Å². The number of hydrogen-bond donors (Lipinski definition) is 2. The molecule has 0 aromatic heterocycles. The molecule has 0 saturated carbocycles. The fourth-order valence-corrected chi connectivity index (χ4v) is 2.63. The second-order valence-electron chi connectivity index (χ2n) is 6.99. The van der Waals surface area contributed by atoms with Crippen LogP contribution in [0.15, 0.2) is 54.6 Å². The van der Waals surface area contributed by atoms with E-state index in [0.717, 1.165) is 11.1 Å². The maximum Gasteiger partial charge on any atom is 0.234 e. The summed E-state index contributed by atoms with van der Waals surface area (Å²) in [6.07, 6.45) is 0. The van der Waals surface area contributed by atoms with Crippen LogP contribution in [0, 0.1) is 11.2 Å². The van der Waals surface area contributed by atoms with E-state index in [2.05, 4.69) is 43.5 Å². The fourth-order valence-electron chi connectivity index (χ4n) is 2.63. The Morgan fingerprint density at radius 1 is 1.04 bits per heavy atom. The van der Waals surface area contributed by atoms with Gasteiger partial charge in [0, 0.05) is 12.6 Å². The smallest absolute Gasteiger partial charge is 0.234 e. The Kier molecular flexibility index (Phi) is 6.10. The van der Waals surface area contributed by atoms with Crippen LogP contribution in [0.1, 0.15) is 37.9 Å². The second-order valence-corrected chi connectivity index (χ2v) is 6.99. The molecule has 0 saturated heterocycles. The average molecular weight is 328 g/mol. The van der Waals surface area contributed by atoms with Crippen molar-refractivity contribution < 1.29 is 9.18 Å². The van der Waals surface area contributed by atoms with Crippen molar-refractivity contribution in [2.24, 2.45) is 5.41 Å². The zero-order valence-electron chi connectivity index (χ0n) is 14.5. The van der Waals surface area contributed by atoms with Crippen LogP contribution >= 0.6 is 0 Å². The predicted octanol–water partition coefficient (Wildman–Crippen LogP) is 3.82. The van der Waals surface area contributed by atoms with Crippen molar-refractivity contribution >= 4 is 5.91 Å². The number of hydrogen-bond acceptors (Lipinski definition) is 2. The molecule has 1 atom stereocenters. The largest absolute Gasteiger partial charge is 0.351 e. The lowest BCUT2D eigenvalue weighted by molar-refractivity contribution is -0.120. The van der Waals surface area contributed by atoms with Crippen molar-refractivity contribution in [1.29, 1.82) is 0 Å². The van der Waals surface area contributed by atoms with E-state index < -0.39 is 0 Å². The minimum absolute atomic E-state index is 0.0153. The Morgan fingerprint density at radius 2 is 1.67 bits per heavy atom. The first kappa shape index (κ1) is 18.1. The van der Waals surface area contributed by atoms with E-state index in [0.29, 0.717) is 6.54 Å². The standard InChI is InChI=1S/C20H25FN2O/c1-20(2,3)19(16-7-5-4-6-8-16)23-14-18(24)22-13-15-9-11-17(21)12-10-15/h4-12,19,23H,13-14H2,1-3H3,(H,22,24). The van der Waals surface area contributed by atoms with Gasteiger partial charge in [-0.3, -0.25) is 4.79 Å². The summed E-state index contributed by atoms with van der Waals surface area (Å²) in [5.74, 6) is -0.355. The minimum atomic E-state index is -0.275. The molecule has 0 aliphatic carbocycles. The van der Waals surface area contributed by atoms with Gasteiger partial charge in [-0.05, 0) is 28.7 Å². The zero-order valence-corrected chi connectivity index (χ0v) is 14.5. The topological polar surface area (TPSA) is 41.1 Å². The summed E-state index contributed by atoms with van der Waals surface area (Å²) in [5.41, 5.74) is 2.02. The number of amides is 1. The van der Waals surface area contributed by atoms with Crippen LogP contribution in [0.2, 0.25) is 0 Å². The molecule has 0 spiro atoms. The van der Waals surface area contributed by atoms with Crippen LogP contribution < -0.4 is 10.6 Å². The van der Waals surface area contributed by atoms with Gasteiger partial charge < -0.3 is 10.6 Å². The van der Waals surface area contributed by atoms with Crippen LogP contribution in [0.3, 0.4) is 0 Å². The Balaban J connectivity index is 1.89. The lowest BCUT2D eigenvalue weighted by Gasteiger charge is -2.32. The van der Waals surface area contributed by atoms with Gasteiger partial charge in [-0.2, -0.15) is 0 Å². The predicted molar refractivity (Wildman–Crippen MR) is 94.9 cm³/mol. The Labute approximate surface area is 143 Å². The molecule has 0 fully saturated rings. The molecule has 0 radical (unpaired) electrons. The fraction of sp³-hybridized carbons (Fsp3) is 0.350. The Hall–Kier alpha value is -2.20. The summed E-state index contributed by atoms with van der Waals surface area (Å²) in [6, 6.07) is 16.3. The third-order valence-electron chi connectivity index (χ3n) is 3.87. The lowest BCUT2D eigenvalue weighted by Crippen LogP contribution is -2.39. The van der Waals surface area contributed by atoms with Gasteiger partial charge in [0.05, 0.1) is 6.54 Å². The number of rotatable bonds is 6. The minimum Gasteiger partial charge on any atom is -0.351 e. The first-order chi connectivity index (χ1) is 11.4. The average Bonchev–Trinajstić information content (AvgIpc) is 2.54. The number of benzene rings is 2. The monoisotopic (exact) mass is 328 g/mol. The van der Waals surface area contributed by atoms with Crippen LogP contribution in [0.5, 0.6) is 0 Å². The van der Waals surface area contributed by atoms with E-state index in [-0.39, 0.29) is 29.7 Å². The van der Waals surface area contributed by atoms with Crippen molar-refractivity contribution in [1.82, 2.24) is 10.6 Å². The molecule has 0 aliphatic heterocycles. The maximum absolute atomic E-state index is 12.9. The molecule has 3 nitrogen and oxygen atoms in total. The Bertz CT molecular complexity index is 648. The van der Waals surface area contributed by atoms with Gasteiger partial charge in [0.2, 0.25) is 5.91 Å². The van der Waals surface area contributed by atoms with Crippen LogP contribution in [-0.4, -0.2) is 12.5 Å². The molecule has 0 bridgehead atoms. The highest BCUT2D eigenvalue weighted by Crippen LogP contribution is 2.32. The summed E-state index contributed by atoms with van der Waals surface area (Å²) in [4.78, 5) is 12.1. The van der Waals surface area contributed by atoms with Gasteiger partial charge in [0.15, 0.2) is 0 Å². The molecule has 0 aliphatic rings. The van der Waals surface area contributed by atoms with Gasteiger partial charge in [-0.25, -0.2) is 4.39 Å². The third kappa shape index (κ3) is 5.46. The molecule has 2 aromatic rings. The molecule has 4 heteroatoms. The number of halogens is 1. The number of carbonyl (C=O) groups is 1. The molecule has 0 heterocycles. The van der Waals surface area contributed by atoms with E-state index in [9.17, 15) is 9.18 Å². The van der Waals surface area contributed by atoms with E-state index in [1.54, 1.807) is 12.1 Å². The summed E-state index contributed by atoms with van der Waals surface area (Å²) in [7, 11) is 0. The molecular weight excluding hydrogens is 303 g/mol. The third-order valence-corrected chi connectivity index (χ3v) is 3.87. The molecule has 24 heavy (non-hydrogen) atoms. The first-order valence-corrected chi connectivity index (χ1v) is 8.16. The van der Waals surface area contributed by atoms with Crippen molar-refractivity contribution in [3.63, 3.8) is 0 Å². The first-order valence-electron chi connectivity index (χ1n) is 8.16. The van der Waals surface area contributed by atoms with E-state index in [1.165, 1.54) is 12.1 Å². The highest BCUT2D eigenvalue weighted by atomic mass is 19.1. The maximum atomic E-state index is 12.9. The molecule has 128 valence electrons. The molecule has 1 amide bonds. The van der Waals surface area contributed by atoms with Crippen molar-refractivity contribution in [3.05, 3.63) is 71.5 Å². The zero-order chi connectivity index (χ0) is 17.6. The van der Waals surface area contributed by atoms with Crippen LogP contribution in [-0.2, 0) is 11.3 Å². The summed E-state index contributed by atoms with van der Waals surface area (Å²) in [6.45, 7) is 7.07. The molecule has 2 rings (SSSR count). The van der Waals surface area contributed by atoms with E-state index in [1.807, 2.05) is 18.2 Å². The number of nitrogens with one attached hydrogen (secondary N) is 2. The molecular formula is C20H25FN2O. The van der Waals surface area contributed by atoms with Gasteiger partial charge in [-0.15, -0.1) is 0 Å². The molecule has 2 N–H and O–H groups in total. The summed E-state index contributed by atoms with van der Waals surface area (Å²) < 4.78 is 12.9. The van der Waals surface area contributed by atoms with Crippen molar-refractivity contribution in [2.75, 3.05) is 6.54 Å². The lowest BCUT2D eigenvalue weighted by atomic mass is 9.82. The van der Waals surface area contributed by atoms with Crippen LogP contribution in [0.4, 0.5) is 4.39 Å². The highest BCUT2D eigenvalue weighted by Gasteiger charge is 2.26. The molecule has 2 aromatic carbocycles. The quantitative estimate of drug-likeness (QED) is 0.846. The normalized spacial score (nSPS) is 12.7. The van der Waals surface area contributed by atoms with Gasteiger partial charge >= 0.3 is 0 Å². The summed E-state index contributed by atoms with van der Waals surface area (Å²) in [5, 5.41) is 6.20. The number of carbonyl (C=O) groups excluding carboxylic acids is 1. The van der Waals surface area contributed by atoms with Gasteiger partial charge in [0.25, 0.3) is 0 Å². The SMILES string of the molecule is CC(C)(C)C(NCC(=O)NCc1ccc(F)cc1)c1ccccc1. The van der Waals surface area contributed by atoms with E-state index in [4.69, 9.17) is 0 Å². The molecule has 1 unspecified atom stereocenters.